The average Bonchev–Trinajstić information content (AvgIpc) is 3.47. The maximum absolute atomic E-state index is 12.8. The Morgan fingerprint density at radius 2 is 2.03 bits per heavy atom. The van der Waals surface area contributed by atoms with Crippen molar-refractivity contribution in [3.8, 4) is 0 Å². The number of hydrogen-bond donors (Lipinski definition) is 0. The van der Waals surface area contributed by atoms with Gasteiger partial charge >= 0.3 is 11.9 Å². The Hall–Kier alpha value is -3.61. The van der Waals surface area contributed by atoms with Crippen molar-refractivity contribution in [1.29, 1.82) is 0 Å². The van der Waals surface area contributed by atoms with Crippen LogP contribution in [-0.2, 0) is 19.1 Å². The molecule has 0 aromatic heterocycles. The van der Waals surface area contributed by atoms with Crippen LogP contribution in [0.15, 0.2) is 59.3 Å². The van der Waals surface area contributed by atoms with Gasteiger partial charge in [-0.05, 0) is 61.2 Å². The van der Waals surface area contributed by atoms with Gasteiger partial charge in [0.2, 0.25) is 0 Å². The molecule has 3 aliphatic rings. The molecular formula is C25H25N3O4. The Balaban J connectivity index is 1.48. The molecule has 7 nitrogen and oxygen atoms in total. The zero-order valence-corrected chi connectivity index (χ0v) is 17.9. The lowest BCUT2D eigenvalue weighted by Crippen LogP contribution is -2.32. The number of aliphatic imine (C=N–C) groups is 1. The standard InChI is InChI=1S/C25H25N3O4/c1-2-26-25-27(15-31-16-29)24(30)23(32-25)14-17-11-12-22-20(13-17)19-9-6-10-21(19)28(22)18-7-4-3-5-8-18/h3-5,7-8,11-14,16,19,21H,2,6,9-10,15H2,1H3/b23-14+,26-25-. The van der Waals surface area contributed by atoms with Crippen molar-refractivity contribution in [3.63, 3.8) is 0 Å². The molecule has 164 valence electrons. The summed E-state index contributed by atoms with van der Waals surface area (Å²) in [5, 5.41) is 0. The second-order valence-corrected chi connectivity index (χ2v) is 8.12. The quantitative estimate of drug-likeness (QED) is 0.507. The third-order valence-corrected chi connectivity index (χ3v) is 6.31. The predicted octanol–water partition coefficient (Wildman–Crippen LogP) is 4.18. The summed E-state index contributed by atoms with van der Waals surface area (Å²) in [6, 6.07) is 17.5. The van der Waals surface area contributed by atoms with Gasteiger partial charge < -0.3 is 14.4 Å². The van der Waals surface area contributed by atoms with Crippen molar-refractivity contribution >= 4 is 35.9 Å². The highest BCUT2D eigenvalue weighted by Crippen LogP contribution is 2.52. The zero-order chi connectivity index (χ0) is 22.1. The van der Waals surface area contributed by atoms with E-state index >= 15 is 0 Å². The van der Waals surface area contributed by atoms with Gasteiger partial charge in [0.05, 0.1) is 0 Å². The maximum Gasteiger partial charge on any atom is 0.303 e. The summed E-state index contributed by atoms with van der Waals surface area (Å²) in [4.78, 5) is 31.3. The number of amides is 1. The van der Waals surface area contributed by atoms with Crippen LogP contribution >= 0.6 is 0 Å². The number of fused-ring (bicyclic) bond motifs is 3. The Kier molecular flexibility index (Phi) is 5.39. The summed E-state index contributed by atoms with van der Waals surface area (Å²) in [6.07, 6.45) is 5.30. The number of rotatable bonds is 6. The lowest BCUT2D eigenvalue weighted by molar-refractivity contribution is -0.135. The number of benzene rings is 2. The molecule has 1 saturated carbocycles. The van der Waals surface area contributed by atoms with E-state index in [9.17, 15) is 9.59 Å². The van der Waals surface area contributed by atoms with Gasteiger partial charge in [-0.25, -0.2) is 9.89 Å². The van der Waals surface area contributed by atoms with Crippen LogP contribution in [0.4, 0.5) is 11.4 Å². The van der Waals surface area contributed by atoms with E-state index in [0.29, 0.717) is 25.0 Å². The van der Waals surface area contributed by atoms with Crippen LogP contribution in [0.3, 0.4) is 0 Å². The van der Waals surface area contributed by atoms with E-state index in [2.05, 4.69) is 46.3 Å². The molecule has 1 amide bonds. The Bertz CT molecular complexity index is 1100. The summed E-state index contributed by atoms with van der Waals surface area (Å²) in [5.74, 6) is 0.287. The first kappa shape index (κ1) is 20.3. The molecule has 1 saturated heterocycles. The van der Waals surface area contributed by atoms with E-state index in [4.69, 9.17) is 9.47 Å². The first-order valence-electron chi connectivity index (χ1n) is 11.0. The molecule has 2 unspecified atom stereocenters. The van der Waals surface area contributed by atoms with Gasteiger partial charge in [0.25, 0.3) is 6.47 Å². The highest BCUT2D eigenvalue weighted by Gasteiger charge is 2.42. The minimum atomic E-state index is -0.371. The highest BCUT2D eigenvalue weighted by atomic mass is 16.6. The van der Waals surface area contributed by atoms with Crippen molar-refractivity contribution in [2.24, 2.45) is 4.99 Å². The largest absolute Gasteiger partial charge is 0.446 e. The molecule has 2 atom stereocenters. The molecule has 2 fully saturated rings. The molecule has 0 spiro atoms. The maximum atomic E-state index is 12.8. The minimum absolute atomic E-state index is 0.151. The Morgan fingerprint density at radius 1 is 1.19 bits per heavy atom. The molecule has 1 aliphatic carbocycles. The van der Waals surface area contributed by atoms with Crippen LogP contribution in [0.5, 0.6) is 0 Å². The van der Waals surface area contributed by atoms with Crippen LogP contribution in [0.1, 0.15) is 43.2 Å². The second kappa shape index (κ2) is 8.49. The number of hydrogen-bond acceptors (Lipinski definition) is 6. The van der Waals surface area contributed by atoms with Gasteiger partial charge in [-0.2, -0.15) is 0 Å². The van der Waals surface area contributed by atoms with Crippen molar-refractivity contribution in [3.05, 3.63) is 65.4 Å². The Labute approximate surface area is 186 Å². The summed E-state index contributed by atoms with van der Waals surface area (Å²) < 4.78 is 10.5. The number of para-hydroxylation sites is 1. The fourth-order valence-corrected chi connectivity index (χ4v) is 5.02. The number of anilines is 2. The fraction of sp³-hybridized carbons (Fsp3) is 0.320. The highest BCUT2D eigenvalue weighted by molar-refractivity contribution is 6.11. The van der Waals surface area contributed by atoms with Crippen LogP contribution < -0.4 is 4.90 Å². The number of nitrogens with zero attached hydrogens (tertiary/aromatic N) is 3. The van der Waals surface area contributed by atoms with E-state index in [1.54, 1.807) is 6.08 Å². The number of carbonyl (C=O) groups excluding carboxylic acids is 2. The zero-order valence-electron chi connectivity index (χ0n) is 17.9. The molecule has 0 N–H and O–H groups in total. The normalized spacial score (nSPS) is 24.1. The van der Waals surface area contributed by atoms with E-state index in [1.807, 2.05) is 19.1 Å². The van der Waals surface area contributed by atoms with Gasteiger partial charge in [-0.3, -0.25) is 9.59 Å². The lowest BCUT2D eigenvalue weighted by Gasteiger charge is -2.27. The van der Waals surface area contributed by atoms with Crippen molar-refractivity contribution in [2.75, 3.05) is 18.2 Å². The monoisotopic (exact) mass is 431 g/mol. The summed E-state index contributed by atoms with van der Waals surface area (Å²) in [5.41, 5.74) is 4.68. The van der Waals surface area contributed by atoms with Crippen molar-refractivity contribution in [1.82, 2.24) is 4.90 Å². The second-order valence-electron chi connectivity index (χ2n) is 8.12. The van der Waals surface area contributed by atoms with Crippen LogP contribution in [-0.4, -0.2) is 42.6 Å². The molecule has 0 bridgehead atoms. The summed E-state index contributed by atoms with van der Waals surface area (Å²) in [6.45, 7) is 2.37. The van der Waals surface area contributed by atoms with E-state index in [-0.39, 0.29) is 24.4 Å². The third kappa shape index (κ3) is 3.43. The van der Waals surface area contributed by atoms with Gasteiger partial charge in [0, 0.05) is 29.9 Å². The van der Waals surface area contributed by atoms with E-state index in [0.717, 1.165) is 5.56 Å². The van der Waals surface area contributed by atoms with E-state index in [1.165, 1.54) is 41.1 Å². The number of amidine groups is 1. The van der Waals surface area contributed by atoms with Gasteiger partial charge in [0.1, 0.15) is 0 Å². The SMILES string of the molecule is CC/N=C1\O/C(=C/c2ccc3c(c2)C2CCCC2N3c2ccccc2)C(=O)N1COC=O. The Morgan fingerprint density at radius 3 is 2.81 bits per heavy atom. The molecule has 2 heterocycles. The lowest BCUT2D eigenvalue weighted by atomic mass is 9.96. The minimum Gasteiger partial charge on any atom is -0.446 e. The van der Waals surface area contributed by atoms with Crippen LogP contribution in [0, 0.1) is 0 Å². The molecule has 2 aliphatic heterocycles. The van der Waals surface area contributed by atoms with Crippen LogP contribution in [0.25, 0.3) is 6.08 Å². The van der Waals surface area contributed by atoms with Gasteiger partial charge in [-0.1, -0.05) is 30.7 Å². The van der Waals surface area contributed by atoms with E-state index < -0.39 is 0 Å². The topological polar surface area (TPSA) is 71.4 Å². The third-order valence-electron chi connectivity index (χ3n) is 6.31. The predicted molar refractivity (Wildman–Crippen MR) is 121 cm³/mol. The van der Waals surface area contributed by atoms with Gasteiger partial charge in [-0.15, -0.1) is 0 Å². The molecule has 0 radical (unpaired) electrons. The molecule has 2 aromatic carbocycles. The first-order chi connectivity index (χ1) is 15.7. The average molecular weight is 431 g/mol. The van der Waals surface area contributed by atoms with Crippen molar-refractivity contribution < 1.29 is 19.1 Å². The first-order valence-corrected chi connectivity index (χ1v) is 11.0. The fourth-order valence-electron chi connectivity index (χ4n) is 5.02. The number of ether oxygens (including phenoxy) is 2. The molecular weight excluding hydrogens is 406 g/mol. The molecule has 2 aromatic rings. The smallest absolute Gasteiger partial charge is 0.303 e. The number of carbonyl (C=O) groups is 2. The summed E-state index contributed by atoms with van der Waals surface area (Å²) >= 11 is 0. The molecule has 32 heavy (non-hydrogen) atoms. The summed E-state index contributed by atoms with van der Waals surface area (Å²) in [7, 11) is 0. The molecule has 7 heteroatoms. The van der Waals surface area contributed by atoms with Gasteiger partial charge in [0.15, 0.2) is 12.5 Å². The van der Waals surface area contributed by atoms with Crippen LogP contribution in [0.2, 0.25) is 0 Å². The molecule has 5 rings (SSSR count). The van der Waals surface area contributed by atoms with Crippen molar-refractivity contribution in [2.45, 2.75) is 38.1 Å².